The molecule has 2 aromatic heterocycles. The molecule has 4 aromatic rings. The molecule has 2 aromatic carbocycles. The number of ether oxygens (including phenoxy) is 2. The lowest BCUT2D eigenvalue weighted by Crippen LogP contribution is -2.66. The van der Waals surface area contributed by atoms with Gasteiger partial charge in [0.15, 0.2) is 5.69 Å². The molecular weight excluding hydrogens is 521 g/mol. The van der Waals surface area contributed by atoms with Gasteiger partial charge in [-0.25, -0.2) is 4.39 Å². The van der Waals surface area contributed by atoms with Crippen LogP contribution in [0.1, 0.15) is 34.6 Å². The average Bonchev–Trinajstić information content (AvgIpc) is 3.39. The largest absolute Gasteiger partial charge is 0.420 e. The van der Waals surface area contributed by atoms with Crippen molar-refractivity contribution in [2.45, 2.75) is 19.1 Å². The van der Waals surface area contributed by atoms with E-state index < -0.39 is 29.5 Å². The van der Waals surface area contributed by atoms with Gasteiger partial charge < -0.3 is 14.4 Å². The van der Waals surface area contributed by atoms with Crippen LogP contribution in [0.3, 0.4) is 0 Å². The van der Waals surface area contributed by atoms with Gasteiger partial charge in [0.1, 0.15) is 12.0 Å². The van der Waals surface area contributed by atoms with E-state index in [4.69, 9.17) is 9.47 Å². The summed E-state index contributed by atoms with van der Waals surface area (Å²) in [7, 11) is 0. The van der Waals surface area contributed by atoms with E-state index in [0.717, 1.165) is 32.7 Å². The highest BCUT2D eigenvalue weighted by Crippen LogP contribution is 2.50. The van der Waals surface area contributed by atoms with E-state index in [9.17, 15) is 18.8 Å². The molecule has 2 aliphatic heterocycles. The van der Waals surface area contributed by atoms with Crippen molar-refractivity contribution in [2.75, 3.05) is 24.8 Å². The second kappa shape index (κ2) is 8.89. The maximum Gasteiger partial charge on any atom is 0.308 e. The molecule has 4 heterocycles. The zero-order valence-electron chi connectivity index (χ0n) is 20.8. The molecule has 10 heteroatoms. The third-order valence-electron chi connectivity index (χ3n) is 7.43. The molecular formula is C29H22FN3O5S. The topological polar surface area (TPSA) is 81.1 Å². The molecule has 0 radical (unpaired) electrons. The fourth-order valence-corrected chi connectivity index (χ4v) is 6.84. The van der Waals surface area contributed by atoms with Crippen molar-refractivity contribution in [1.82, 2.24) is 9.58 Å². The molecule has 1 fully saturated rings. The molecule has 0 spiro atoms. The Balaban J connectivity index is 1.56. The molecule has 1 amide bonds. The summed E-state index contributed by atoms with van der Waals surface area (Å²) in [5, 5.41) is 3.98. The number of carbonyl (C=O) groups is 2. The van der Waals surface area contributed by atoms with E-state index in [1.807, 2.05) is 40.7 Å². The Morgan fingerprint density at radius 3 is 2.72 bits per heavy atom. The lowest BCUT2D eigenvalue weighted by Gasteiger charge is -2.51. The third kappa shape index (κ3) is 3.55. The van der Waals surface area contributed by atoms with Crippen molar-refractivity contribution in [3.05, 3.63) is 99.0 Å². The predicted molar refractivity (Wildman–Crippen MR) is 143 cm³/mol. The Bertz CT molecular complexity index is 1730. The monoisotopic (exact) mass is 543 g/mol. The molecule has 7 rings (SSSR count). The van der Waals surface area contributed by atoms with Crippen LogP contribution in [0, 0.1) is 5.82 Å². The van der Waals surface area contributed by atoms with Gasteiger partial charge in [0.05, 0.1) is 19.3 Å². The number of morpholine rings is 1. The number of rotatable bonds is 2. The van der Waals surface area contributed by atoms with Gasteiger partial charge in [0.25, 0.3) is 5.91 Å². The number of halogens is 1. The third-order valence-corrected chi connectivity index (χ3v) is 8.38. The molecule has 39 heavy (non-hydrogen) atoms. The van der Waals surface area contributed by atoms with E-state index >= 15 is 0 Å². The van der Waals surface area contributed by atoms with Gasteiger partial charge in [-0.3, -0.25) is 24.1 Å². The van der Waals surface area contributed by atoms with Gasteiger partial charge >= 0.3 is 5.97 Å². The van der Waals surface area contributed by atoms with E-state index in [2.05, 4.69) is 0 Å². The number of fused-ring (bicyclic) bond motifs is 7. The standard InChI is InChI=1S/C29H22FN3O5S/c1-16(34)38-27-23(35)8-10-32-26(27)29(36)31-11-12-37-15-24(31)33(32)25-18-4-2-3-5-20(18)28-21(9-13-39-28)22-14-17(30)6-7-19(22)25/h2-10,13-14,24-25H,11-12,15H2,1H3/t24-,25?/m1/s1. The normalized spacial score (nSPS) is 19.3. The summed E-state index contributed by atoms with van der Waals surface area (Å²) >= 11 is 1.58. The lowest BCUT2D eigenvalue weighted by atomic mass is 9.92. The molecule has 1 aliphatic carbocycles. The molecule has 0 N–H and O–H groups in total. The lowest BCUT2D eigenvalue weighted by molar-refractivity contribution is -0.132. The smallest absolute Gasteiger partial charge is 0.308 e. The molecule has 0 bridgehead atoms. The molecule has 8 nitrogen and oxygen atoms in total. The number of pyridine rings is 1. The van der Waals surface area contributed by atoms with Gasteiger partial charge in [-0.1, -0.05) is 30.3 Å². The van der Waals surface area contributed by atoms with E-state index in [1.54, 1.807) is 33.0 Å². The summed E-state index contributed by atoms with van der Waals surface area (Å²) in [6, 6.07) is 15.5. The van der Waals surface area contributed by atoms with Crippen LogP contribution in [-0.2, 0) is 9.53 Å². The van der Waals surface area contributed by atoms with Crippen molar-refractivity contribution in [2.24, 2.45) is 0 Å². The Labute approximate surface area is 226 Å². The summed E-state index contributed by atoms with van der Waals surface area (Å²) in [5.41, 5.74) is 3.85. The number of esters is 1. The fourth-order valence-electron chi connectivity index (χ4n) is 5.89. The first-order chi connectivity index (χ1) is 18.9. The second-order valence-electron chi connectivity index (χ2n) is 9.61. The molecule has 196 valence electrons. The minimum Gasteiger partial charge on any atom is -0.420 e. The zero-order valence-corrected chi connectivity index (χ0v) is 21.6. The van der Waals surface area contributed by atoms with Gasteiger partial charge in [-0.2, -0.15) is 0 Å². The number of aromatic nitrogens is 1. The molecule has 0 saturated carbocycles. The number of thiophene rings is 1. The minimum atomic E-state index is -0.699. The fraction of sp³-hybridized carbons (Fsp3) is 0.207. The first-order valence-electron chi connectivity index (χ1n) is 12.5. The SMILES string of the molecule is CC(=O)Oc1c2n(ccc1=O)N(C1c3ccc(F)cc3-c3ccsc3-c3ccccc31)[C@@H]1COCCN1C2=O. The Morgan fingerprint density at radius 2 is 1.87 bits per heavy atom. The molecule has 1 unspecified atom stereocenters. The van der Waals surface area contributed by atoms with Crippen molar-refractivity contribution < 1.29 is 23.5 Å². The number of benzene rings is 2. The van der Waals surface area contributed by atoms with Gasteiger partial charge in [0, 0.05) is 36.2 Å². The number of nitrogens with zero attached hydrogens (tertiary/aromatic N) is 3. The molecule has 2 atom stereocenters. The van der Waals surface area contributed by atoms with E-state index in [-0.39, 0.29) is 23.9 Å². The highest BCUT2D eigenvalue weighted by Gasteiger charge is 2.46. The summed E-state index contributed by atoms with van der Waals surface area (Å²) in [6.45, 7) is 2.03. The van der Waals surface area contributed by atoms with Crippen LogP contribution >= 0.6 is 11.3 Å². The maximum atomic E-state index is 14.7. The zero-order chi connectivity index (χ0) is 26.8. The van der Waals surface area contributed by atoms with Crippen molar-refractivity contribution in [3.8, 4) is 27.3 Å². The van der Waals surface area contributed by atoms with Crippen molar-refractivity contribution in [3.63, 3.8) is 0 Å². The number of hydrogen-bond acceptors (Lipinski definition) is 7. The van der Waals surface area contributed by atoms with E-state index in [0.29, 0.717) is 13.2 Å². The van der Waals surface area contributed by atoms with Crippen LogP contribution in [0.5, 0.6) is 5.75 Å². The highest BCUT2D eigenvalue weighted by atomic mass is 32.1. The van der Waals surface area contributed by atoms with Gasteiger partial charge in [-0.05, 0) is 45.8 Å². The molecule has 1 saturated heterocycles. The Hall–Kier alpha value is -4.28. The average molecular weight is 544 g/mol. The van der Waals surface area contributed by atoms with Gasteiger partial charge in [-0.15, -0.1) is 11.3 Å². The number of hydrogen-bond donors (Lipinski definition) is 0. The summed E-state index contributed by atoms with van der Waals surface area (Å²) < 4.78 is 27.5. The van der Waals surface area contributed by atoms with Crippen LogP contribution in [0.4, 0.5) is 4.39 Å². The predicted octanol–water partition coefficient (Wildman–Crippen LogP) is 4.16. The highest BCUT2D eigenvalue weighted by molar-refractivity contribution is 7.14. The number of amides is 1. The first kappa shape index (κ1) is 23.8. The van der Waals surface area contributed by atoms with Crippen LogP contribution < -0.4 is 15.2 Å². The molecule has 3 aliphatic rings. The summed E-state index contributed by atoms with van der Waals surface area (Å²) in [4.78, 5) is 41.3. The van der Waals surface area contributed by atoms with Gasteiger partial charge in [0.2, 0.25) is 11.2 Å². The first-order valence-corrected chi connectivity index (χ1v) is 13.4. The second-order valence-corrected chi connectivity index (χ2v) is 10.5. The quantitative estimate of drug-likeness (QED) is 0.353. The van der Waals surface area contributed by atoms with Crippen molar-refractivity contribution >= 4 is 23.2 Å². The maximum absolute atomic E-state index is 14.7. The van der Waals surface area contributed by atoms with Crippen LogP contribution in [0.25, 0.3) is 21.6 Å². The van der Waals surface area contributed by atoms with Crippen LogP contribution in [-0.4, -0.2) is 47.4 Å². The summed E-state index contributed by atoms with van der Waals surface area (Å²) in [6.07, 6.45) is 0.986. The Kier molecular flexibility index (Phi) is 5.43. The Morgan fingerprint density at radius 1 is 1.05 bits per heavy atom. The van der Waals surface area contributed by atoms with Crippen LogP contribution in [0.15, 0.2) is 71.0 Å². The van der Waals surface area contributed by atoms with Crippen LogP contribution in [0.2, 0.25) is 0 Å². The minimum absolute atomic E-state index is 0.0315. The van der Waals surface area contributed by atoms with Crippen molar-refractivity contribution in [1.29, 1.82) is 0 Å². The van der Waals surface area contributed by atoms with E-state index in [1.165, 1.54) is 25.3 Å². The number of carbonyl (C=O) groups excluding carboxylic acids is 2. The summed E-state index contributed by atoms with van der Waals surface area (Å²) in [5.74, 6) is -1.79.